The number of nitrogens with one attached hydrogen (secondary N) is 1. The number of aromatic nitrogens is 2. The first kappa shape index (κ1) is 10.9. The number of nitrogen functional groups attached to an aromatic ring is 1. The fraction of sp³-hybridized carbons (Fsp3) is 0.600. The van der Waals surface area contributed by atoms with Crippen LogP contribution in [0.4, 0.5) is 0 Å². The maximum atomic E-state index is 7.39. The zero-order valence-corrected chi connectivity index (χ0v) is 9.27. The molecule has 0 aliphatic carbocycles. The summed E-state index contributed by atoms with van der Waals surface area (Å²) in [4.78, 5) is 0. The third kappa shape index (κ3) is 2.01. The van der Waals surface area contributed by atoms with Crippen LogP contribution in [0.3, 0.4) is 0 Å². The lowest BCUT2D eigenvalue weighted by atomic mass is 10.2. The van der Waals surface area contributed by atoms with Crippen molar-refractivity contribution < 1.29 is 9.47 Å². The van der Waals surface area contributed by atoms with E-state index in [4.69, 9.17) is 20.6 Å². The minimum absolute atomic E-state index is 0.0595. The van der Waals surface area contributed by atoms with Crippen molar-refractivity contribution in [2.24, 2.45) is 5.73 Å². The van der Waals surface area contributed by atoms with Crippen LogP contribution in [0, 0.1) is 5.41 Å². The first-order chi connectivity index (χ1) is 7.72. The lowest BCUT2D eigenvalue weighted by molar-refractivity contribution is -0.0396. The summed E-state index contributed by atoms with van der Waals surface area (Å²) < 4.78 is 12.4. The van der Waals surface area contributed by atoms with Gasteiger partial charge in [0, 0.05) is 6.61 Å². The monoisotopic (exact) mass is 224 g/mol. The minimum atomic E-state index is -0.0913. The molecule has 0 radical (unpaired) electrons. The van der Waals surface area contributed by atoms with Crippen molar-refractivity contribution in [1.29, 1.82) is 5.41 Å². The van der Waals surface area contributed by atoms with E-state index in [0.29, 0.717) is 11.4 Å². The Hall–Kier alpha value is -1.56. The van der Waals surface area contributed by atoms with Gasteiger partial charge < -0.3 is 15.2 Å². The summed E-state index contributed by atoms with van der Waals surface area (Å²) in [5.41, 5.74) is 5.79. The fourth-order valence-corrected chi connectivity index (χ4v) is 1.79. The van der Waals surface area contributed by atoms with Crippen molar-refractivity contribution in [3.8, 4) is 5.75 Å². The van der Waals surface area contributed by atoms with E-state index in [1.807, 2.05) is 0 Å². The minimum Gasteiger partial charge on any atom is -0.493 e. The molecule has 1 unspecified atom stereocenters. The second-order valence-electron chi connectivity index (χ2n) is 3.76. The molecule has 6 nitrogen and oxygen atoms in total. The van der Waals surface area contributed by atoms with Crippen LogP contribution in [0.25, 0.3) is 0 Å². The van der Waals surface area contributed by atoms with Crippen molar-refractivity contribution in [1.82, 2.24) is 9.78 Å². The van der Waals surface area contributed by atoms with Crippen LogP contribution in [-0.4, -0.2) is 29.3 Å². The molecule has 16 heavy (non-hydrogen) atoms. The average molecular weight is 224 g/mol. The lowest BCUT2D eigenvalue weighted by Gasteiger charge is -2.22. The van der Waals surface area contributed by atoms with Gasteiger partial charge >= 0.3 is 0 Å². The maximum absolute atomic E-state index is 7.39. The van der Waals surface area contributed by atoms with Crippen LogP contribution in [-0.2, 0) is 4.74 Å². The van der Waals surface area contributed by atoms with Gasteiger partial charge in [-0.2, -0.15) is 5.10 Å². The summed E-state index contributed by atoms with van der Waals surface area (Å²) in [6, 6.07) is 0. The molecule has 0 bridgehead atoms. The molecule has 1 saturated heterocycles. The second kappa shape index (κ2) is 4.52. The molecule has 1 atom stereocenters. The highest BCUT2D eigenvalue weighted by Gasteiger charge is 2.20. The average Bonchev–Trinajstić information content (AvgIpc) is 2.74. The van der Waals surface area contributed by atoms with Gasteiger partial charge in [-0.25, -0.2) is 4.68 Å². The summed E-state index contributed by atoms with van der Waals surface area (Å²) in [6.07, 6.45) is 4.82. The number of amidine groups is 1. The highest BCUT2D eigenvalue weighted by molar-refractivity contribution is 5.95. The quantitative estimate of drug-likeness (QED) is 0.589. The first-order valence-electron chi connectivity index (χ1n) is 5.31. The predicted octanol–water partition coefficient (Wildman–Crippen LogP) is 0.875. The molecule has 0 amide bonds. The summed E-state index contributed by atoms with van der Waals surface area (Å²) in [5.74, 6) is 0.424. The molecule has 2 heterocycles. The molecule has 88 valence electrons. The third-order valence-corrected chi connectivity index (χ3v) is 2.62. The Balaban J connectivity index is 2.24. The predicted molar refractivity (Wildman–Crippen MR) is 58.6 cm³/mol. The molecule has 1 aliphatic heterocycles. The van der Waals surface area contributed by atoms with Crippen molar-refractivity contribution >= 4 is 5.84 Å². The second-order valence-corrected chi connectivity index (χ2v) is 3.76. The SMILES string of the molecule is COc1cn(C2CCCCO2)nc1C(=N)N. The van der Waals surface area contributed by atoms with Crippen LogP contribution >= 0.6 is 0 Å². The Bertz CT molecular complexity index is 382. The Morgan fingerprint density at radius 2 is 2.50 bits per heavy atom. The number of hydrogen-bond acceptors (Lipinski definition) is 4. The largest absolute Gasteiger partial charge is 0.493 e. The Morgan fingerprint density at radius 1 is 1.69 bits per heavy atom. The normalized spacial score (nSPS) is 20.7. The van der Waals surface area contributed by atoms with Crippen LogP contribution in [0.15, 0.2) is 6.20 Å². The van der Waals surface area contributed by atoms with E-state index < -0.39 is 0 Å². The lowest BCUT2D eigenvalue weighted by Crippen LogP contribution is -2.20. The number of hydrogen-bond donors (Lipinski definition) is 2. The van der Waals surface area contributed by atoms with Crippen LogP contribution < -0.4 is 10.5 Å². The molecule has 1 aliphatic rings. The number of rotatable bonds is 3. The Kier molecular flexibility index (Phi) is 3.09. The molecule has 0 saturated carbocycles. The summed E-state index contributed by atoms with van der Waals surface area (Å²) in [7, 11) is 1.54. The van der Waals surface area contributed by atoms with Crippen molar-refractivity contribution in [2.45, 2.75) is 25.5 Å². The molecular formula is C10H16N4O2. The molecule has 3 N–H and O–H groups in total. The van der Waals surface area contributed by atoms with Crippen molar-refractivity contribution in [2.75, 3.05) is 13.7 Å². The molecule has 0 spiro atoms. The van der Waals surface area contributed by atoms with Gasteiger partial charge in [-0.1, -0.05) is 0 Å². The zero-order valence-electron chi connectivity index (χ0n) is 9.27. The van der Waals surface area contributed by atoms with E-state index in [1.165, 1.54) is 7.11 Å². The number of ether oxygens (including phenoxy) is 2. The van der Waals surface area contributed by atoms with Gasteiger partial charge in [0.15, 0.2) is 11.4 Å². The zero-order chi connectivity index (χ0) is 11.5. The molecule has 2 rings (SSSR count). The summed E-state index contributed by atoms with van der Waals surface area (Å²) in [5, 5.41) is 11.6. The van der Waals surface area contributed by atoms with E-state index >= 15 is 0 Å². The van der Waals surface area contributed by atoms with Gasteiger partial charge in [0.1, 0.15) is 12.1 Å². The van der Waals surface area contributed by atoms with Gasteiger partial charge in [0.25, 0.3) is 0 Å². The molecule has 6 heteroatoms. The highest BCUT2D eigenvalue weighted by Crippen LogP contribution is 2.25. The smallest absolute Gasteiger partial charge is 0.168 e. The maximum Gasteiger partial charge on any atom is 0.168 e. The van der Waals surface area contributed by atoms with Crippen molar-refractivity contribution in [3.05, 3.63) is 11.9 Å². The van der Waals surface area contributed by atoms with Crippen LogP contribution in [0.2, 0.25) is 0 Å². The Labute approximate surface area is 93.8 Å². The van der Waals surface area contributed by atoms with E-state index in [0.717, 1.165) is 25.9 Å². The molecule has 1 fully saturated rings. The van der Waals surface area contributed by atoms with Gasteiger partial charge in [0.2, 0.25) is 0 Å². The van der Waals surface area contributed by atoms with E-state index in [-0.39, 0.29) is 12.1 Å². The molecule has 1 aromatic heterocycles. The van der Waals surface area contributed by atoms with Crippen LogP contribution in [0.1, 0.15) is 31.2 Å². The number of nitrogens with two attached hydrogens (primary N) is 1. The third-order valence-electron chi connectivity index (χ3n) is 2.62. The summed E-state index contributed by atoms with van der Waals surface area (Å²) >= 11 is 0. The van der Waals surface area contributed by atoms with Gasteiger partial charge in [-0.15, -0.1) is 0 Å². The highest BCUT2D eigenvalue weighted by atomic mass is 16.5. The summed E-state index contributed by atoms with van der Waals surface area (Å²) in [6.45, 7) is 0.752. The standard InChI is InChI=1S/C10H16N4O2/c1-15-7-6-14(13-9(7)10(11)12)8-4-2-3-5-16-8/h6,8H,2-5H2,1H3,(H3,11,12). The molecule has 0 aromatic carbocycles. The number of methoxy groups -OCH3 is 1. The van der Waals surface area contributed by atoms with E-state index in [9.17, 15) is 0 Å². The topological polar surface area (TPSA) is 86.2 Å². The van der Waals surface area contributed by atoms with E-state index in [2.05, 4.69) is 5.10 Å². The van der Waals surface area contributed by atoms with E-state index in [1.54, 1.807) is 10.9 Å². The van der Waals surface area contributed by atoms with Gasteiger partial charge in [-0.05, 0) is 19.3 Å². The first-order valence-corrected chi connectivity index (χ1v) is 5.31. The molecular weight excluding hydrogens is 208 g/mol. The Morgan fingerprint density at radius 3 is 3.00 bits per heavy atom. The fourth-order valence-electron chi connectivity index (χ4n) is 1.79. The number of nitrogens with zero attached hydrogens (tertiary/aromatic N) is 2. The van der Waals surface area contributed by atoms with Crippen LogP contribution in [0.5, 0.6) is 5.75 Å². The van der Waals surface area contributed by atoms with Gasteiger partial charge in [0.05, 0.1) is 13.3 Å². The molecule has 1 aromatic rings. The van der Waals surface area contributed by atoms with Crippen molar-refractivity contribution in [3.63, 3.8) is 0 Å². The van der Waals surface area contributed by atoms with Gasteiger partial charge in [-0.3, -0.25) is 5.41 Å².